The minimum atomic E-state index is -0.654. The molecule has 0 radical (unpaired) electrons. The molecule has 1 saturated heterocycles. The van der Waals surface area contributed by atoms with Crippen LogP contribution < -0.4 is 4.90 Å². The van der Waals surface area contributed by atoms with Crippen molar-refractivity contribution in [3.05, 3.63) is 40.9 Å². The standard InChI is InChI=1S/C21H25N3O3S/c1-14-5-7-18(8-6-14)24(15(2)25)20-22-17(12-28-20)11-23-10-16-4-3-9-21(16,13-23)19(26)27/h5-8,12,16H,3-4,9-11,13H2,1-2H3,(H,26,27)/t16-,21+/m0/s1. The van der Waals surface area contributed by atoms with E-state index in [4.69, 9.17) is 4.98 Å². The molecule has 0 spiro atoms. The van der Waals surface area contributed by atoms with Gasteiger partial charge in [-0.2, -0.15) is 0 Å². The summed E-state index contributed by atoms with van der Waals surface area (Å²) in [4.78, 5) is 32.6. The molecule has 1 aromatic heterocycles. The van der Waals surface area contributed by atoms with Crippen LogP contribution in [-0.4, -0.2) is 40.0 Å². The zero-order valence-corrected chi connectivity index (χ0v) is 17.0. The van der Waals surface area contributed by atoms with E-state index in [1.807, 2.05) is 36.6 Å². The lowest BCUT2D eigenvalue weighted by Gasteiger charge is -2.23. The lowest BCUT2D eigenvalue weighted by molar-refractivity contribution is -0.149. The first-order chi connectivity index (χ1) is 13.4. The fraction of sp³-hybridized carbons (Fsp3) is 0.476. The summed E-state index contributed by atoms with van der Waals surface area (Å²) >= 11 is 1.45. The average Bonchev–Trinajstić information content (AvgIpc) is 3.32. The van der Waals surface area contributed by atoms with Gasteiger partial charge in [0, 0.05) is 31.9 Å². The highest BCUT2D eigenvalue weighted by Crippen LogP contribution is 2.49. The molecule has 0 bridgehead atoms. The minimum Gasteiger partial charge on any atom is -0.481 e. The maximum Gasteiger partial charge on any atom is 0.311 e. The van der Waals surface area contributed by atoms with Gasteiger partial charge in [0.1, 0.15) is 0 Å². The second-order valence-electron chi connectivity index (χ2n) is 8.03. The van der Waals surface area contributed by atoms with Crippen molar-refractivity contribution in [2.45, 2.75) is 39.7 Å². The molecule has 1 aliphatic heterocycles. The van der Waals surface area contributed by atoms with E-state index in [0.717, 1.165) is 42.8 Å². The molecule has 4 rings (SSSR count). The Kier molecular flexibility index (Phi) is 4.97. The van der Waals surface area contributed by atoms with Crippen molar-refractivity contribution in [2.24, 2.45) is 11.3 Å². The largest absolute Gasteiger partial charge is 0.481 e. The Morgan fingerprint density at radius 2 is 2.11 bits per heavy atom. The number of thiazole rings is 1. The van der Waals surface area contributed by atoms with Gasteiger partial charge in [0.15, 0.2) is 5.13 Å². The molecule has 28 heavy (non-hydrogen) atoms. The van der Waals surface area contributed by atoms with Crippen molar-refractivity contribution < 1.29 is 14.7 Å². The molecule has 2 aromatic rings. The summed E-state index contributed by atoms with van der Waals surface area (Å²) in [5.74, 6) is -0.492. The number of carbonyl (C=O) groups excluding carboxylic acids is 1. The van der Waals surface area contributed by atoms with Crippen molar-refractivity contribution in [1.29, 1.82) is 0 Å². The van der Waals surface area contributed by atoms with E-state index in [1.165, 1.54) is 11.3 Å². The number of rotatable bonds is 5. The molecule has 2 heterocycles. The number of aliphatic carboxylic acids is 1. The molecular weight excluding hydrogens is 374 g/mol. The summed E-state index contributed by atoms with van der Waals surface area (Å²) in [6.45, 7) is 5.58. The second-order valence-corrected chi connectivity index (χ2v) is 8.87. The predicted molar refractivity (Wildman–Crippen MR) is 109 cm³/mol. The molecule has 1 amide bonds. The van der Waals surface area contributed by atoms with Crippen LogP contribution in [0.2, 0.25) is 0 Å². The zero-order valence-electron chi connectivity index (χ0n) is 16.2. The number of aryl methyl sites for hydroxylation is 1. The van der Waals surface area contributed by atoms with Crippen LogP contribution in [0.4, 0.5) is 10.8 Å². The normalized spacial score (nSPS) is 24.3. The minimum absolute atomic E-state index is 0.0784. The van der Waals surface area contributed by atoms with Crippen molar-refractivity contribution in [1.82, 2.24) is 9.88 Å². The molecule has 2 fully saturated rings. The third-order valence-electron chi connectivity index (χ3n) is 6.09. The third-order valence-corrected chi connectivity index (χ3v) is 6.97. The number of benzene rings is 1. The highest BCUT2D eigenvalue weighted by Gasteiger charge is 2.54. The number of carboxylic acids is 1. The number of anilines is 2. The number of carbonyl (C=O) groups is 2. The van der Waals surface area contributed by atoms with Crippen molar-refractivity contribution in [3.8, 4) is 0 Å². The Morgan fingerprint density at radius 3 is 2.75 bits per heavy atom. The van der Waals surface area contributed by atoms with E-state index in [2.05, 4.69) is 4.90 Å². The smallest absolute Gasteiger partial charge is 0.311 e. The highest BCUT2D eigenvalue weighted by molar-refractivity contribution is 7.14. The molecule has 0 unspecified atom stereocenters. The van der Waals surface area contributed by atoms with Gasteiger partial charge in [-0.05, 0) is 37.8 Å². The molecular formula is C21H25N3O3S. The van der Waals surface area contributed by atoms with Gasteiger partial charge in [-0.3, -0.25) is 19.4 Å². The van der Waals surface area contributed by atoms with E-state index in [0.29, 0.717) is 18.2 Å². The molecule has 1 aliphatic carbocycles. The summed E-state index contributed by atoms with van der Waals surface area (Å²) in [7, 11) is 0. The number of aromatic nitrogens is 1. The number of carboxylic acid groups (broad SMARTS) is 1. The molecule has 2 aliphatic rings. The molecule has 1 N–H and O–H groups in total. The maximum atomic E-state index is 12.3. The Labute approximate surface area is 168 Å². The van der Waals surface area contributed by atoms with Gasteiger partial charge >= 0.3 is 5.97 Å². The fourth-order valence-electron chi connectivity index (χ4n) is 4.68. The highest BCUT2D eigenvalue weighted by atomic mass is 32.1. The van der Waals surface area contributed by atoms with Crippen LogP contribution in [0.3, 0.4) is 0 Å². The van der Waals surface area contributed by atoms with Crippen LogP contribution in [0.5, 0.6) is 0 Å². The van der Waals surface area contributed by atoms with E-state index in [9.17, 15) is 14.7 Å². The lowest BCUT2D eigenvalue weighted by Crippen LogP contribution is -2.35. The monoisotopic (exact) mass is 399 g/mol. The van der Waals surface area contributed by atoms with Gasteiger partial charge in [-0.1, -0.05) is 24.1 Å². The van der Waals surface area contributed by atoms with Gasteiger partial charge in [-0.15, -0.1) is 11.3 Å². The van der Waals surface area contributed by atoms with E-state index >= 15 is 0 Å². The van der Waals surface area contributed by atoms with Crippen LogP contribution in [0.25, 0.3) is 0 Å². The van der Waals surface area contributed by atoms with Crippen LogP contribution in [-0.2, 0) is 16.1 Å². The first kappa shape index (κ1) is 19.1. The average molecular weight is 400 g/mol. The van der Waals surface area contributed by atoms with Gasteiger partial charge in [0.05, 0.1) is 16.8 Å². The molecule has 148 valence electrons. The van der Waals surface area contributed by atoms with E-state index in [1.54, 1.807) is 11.8 Å². The third kappa shape index (κ3) is 3.33. The number of likely N-dealkylation sites (tertiary alicyclic amines) is 1. The second kappa shape index (κ2) is 7.29. The van der Waals surface area contributed by atoms with Crippen molar-refractivity contribution in [2.75, 3.05) is 18.0 Å². The van der Waals surface area contributed by atoms with Crippen LogP contribution in [0, 0.1) is 18.3 Å². The Hall–Kier alpha value is -2.25. The molecule has 6 nitrogen and oxygen atoms in total. The summed E-state index contributed by atoms with van der Waals surface area (Å²) in [6, 6.07) is 7.81. The number of hydrogen-bond acceptors (Lipinski definition) is 5. The van der Waals surface area contributed by atoms with Gasteiger partial charge in [0.25, 0.3) is 0 Å². The van der Waals surface area contributed by atoms with Crippen molar-refractivity contribution >= 4 is 34.0 Å². The summed E-state index contributed by atoms with van der Waals surface area (Å²) in [5.41, 5.74) is 2.25. The molecule has 1 aromatic carbocycles. The summed E-state index contributed by atoms with van der Waals surface area (Å²) in [5, 5.41) is 12.4. The predicted octanol–water partition coefficient (Wildman–Crippen LogP) is 3.82. The fourth-order valence-corrected chi connectivity index (χ4v) is 5.56. The number of nitrogens with zero attached hydrogens (tertiary/aromatic N) is 3. The number of hydrogen-bond donors (Lipinski definition) is 1. The molecule has 2 atom stereocenters. The summed E-state index contributed by atoms with van der Waals surface area (Å²) < 4.78 is 0. The number of amides is 1. The van der Waals surface area contributed by atoms with Crippen LogP contribution in [0.1, 0.15) is 37.4 Å². The van der Waals surface area contributed by atoms with Crippen LogP contribution >= 0.6 is 11.3 Å². The van der Waals surface area contributed by atoms with Crippen molar-refractivity contribution in [3.63, 3.8) is 0 Å². The summed E-state index contributed by atoms with van der Waals surface area (Å²) in [6.07, 6.45) is 2.78. The van der Waals surface area contributed by atoms with Crippen LogP contribution in [0.15, 0.2) is 29.6 Å². The van der Waals surface area contributed by atoms with E-state index < -0.39 is 11.4 Å². The molecule has 1 saturated carbocycles. The topological polar surface area (TPSA) is 73.7 Å². The Bertz CT molecular complexity index is 895. The van der Waals surface area contributed by atoms with E-state index in [-0.39, 0.29) is 11.8 Å². The maximum absolute atomic E-state index is 12.3. The Morgan fingerprint density at radius 1 is 1.36 bits per heavy atom. The first-order valence-corrected chi connectivity index (χ1v) is 10.5. The lowest BCUT2D eigenvalue weighted by atomic mass is 9.81. The first-order valence-electron chi connectivity index (χ1n) is 9.66. The number of fused-ring (bicyclic) bond motifs is 1. The quantitative estimate of drug-likeness (QED) is 0.827. The van der Waals surface area contributed by atoms with Gasteiger partial charge in [-0.25, -0.2) is 4.98 Å². The zero-order chi connectivity index (χ0) is 19.9. The van der Waals surface area contributed by atoms with Gasteiger partial charge < -0.3 is 5.11 Å². The Balaban J connectivity index is 1.51. The van der Waals surface area contributed by atoms with Gasteiger partial charge in [0.2, 0.25) is 5.91 Å². The SMILES string of the molecule is CC(=O)N(c1ccc(C)cc1)c1nc(CN2C[C@@H]3CCC[C@@]3(C(=O)O)C2)cs1. The molecule has 7 heteroatoms.